The molecule has 0 radical (unpaired) electrons. The molecule has 120 valence electrons. The lowest BCUT2D eigenvalue weighted by Gasteiger charge is -2.30. The number of carbonyl (C=O) groups is 2. The predicted molar refractivity (Wildman–Crippen MR) is 78.6 cm³/mol. The molecule has 7 heteroatoms. The molecule has 0 aliphatic carbocycles. The molecule has 1 aromatic carbocycles. The normalized spacial score (nSPS) is 18.0. The molecule has 1 aliphatic rings. The highest BCUT2D eigenvalue weighted by atomic mass is 19.1. The molecule has 0 saturated carbocycles. The number of nitrogens with one attached hydrogen (secondary N) is 1. The second-order valence-electron chi connectivity index (χ2n) is 5.36. The maximum absolute atomic E-state index is 13.7. The van der Waals surface area contributed by atoms with E-state index in [4.69, 9.17) is 9.84 Å². The summed E-state index contributed by atoms with van der Waals surface area (Å²) in [5.74, 6) is -1.90. The third kappa shape index (κ3) is 3.47. The van der Waals surface area contributed by atoms with Gasteiger partial charge >= 0.3 is 12.0 Å². The summed E-state index contributed by atoms with van der Waals surface area (Å²) in [7, 11) is 1.37. The number of anilines is 1. The second-order valence-corrected chi connectivity index (χ2v) is 5.36. The number of ether oxygens (including phenoxy) is 1. The third-order valence-electron chi connectivity index (χ3n) is 3.80. The number of halogens is 1. The van der Waals surface area contributed by atoms with Gasteiger partial charge in [-0.15, -0.1) is 0 Å². The average Bonchev–Trinajstić information content (AvgIpc) is 2.50. The minimum absolute atomic E-state index is 0.111. The molecule has 2 N–H and O–H groups in total. The predicted octanol–water partition coefficient (Wildman–Crippen LogP) is 2.47. The van der Waals surface area contributed by atoms with Crippen molar-refractivity contribution in [2.75, 3.05) is 25.5 Å². The zero-order valence-corrected chi connectivity index (χ0v) is 12.6. The first-order chi connectivity index (χ1) is 10.4. The van der Waals surface area contributed by atoms with E-state index >= 15 is 0 Å². The van der Waals surface area contributed by atoms with Crippen LogP contribution in [0.2, 0.25) is 0 Å². The maximum atomic E-state index is 13.7. The van der Waals surface area contributed by atoms with Crippen LogP contribution in [-0.2, 0) is 4.79 Å². The Balaban J connectivity index is 2.08. The summed E-state index contributed by atoms with van der Waals surface area (Å²) < 4.78 is 18.6. The third-order valence-corrected chi connectivity index (χ3v) is 3.80. The molecule has 1 heterocycles. The molecule has 2 amide bonds. The molecular weight excluding hydrogens is 291 g/mol. The van der Waals surface area contributed by atoms with Crippen molar-refractivity contribution in [1.29, 1.82) is 0 Å². The lowest BCUT2D eigenvalue weighted by Crippen LogP contribution is -2.44. The van der Waals surface area contributed by atoms with E-state index in [9.17, 15) is 14.0 Å². The van der Waals surface area contributed by atoms with Crippen LogP contribution < -0.4 is 10.1 Å². The highest BCUT2D eigenvalue weighted by Crippen LogP contribution is 2.26. The largest absolute Gasteiger partial charge is 0.494 e. The SMILES string of the molecule is COc1cc(C)c(NC(=O)N2CCCC(C(=O)O)C2)cc1F. The monoisotopic (exact) mass is 310 g/mol. The first-order valence-corrected chi connectivity index (χ1v) is 7.05. The van der Waals surface area contributed by atoms with Crippen LogP contribution in [0.15, 0.2) is 12.1 Å². The summed E-state index contributed by atoms with van der Waals surface area (Å²) >= 11 is 0. The quantitative estimate of drug-likeness (QED) is 0.899. The second kappa shape index (κ2) is 6.64. The number of methoxy groups -OCH3 is 1. The minimum Gasteiger partial charge on any atom is -0.494 e. The van der Waals surface area contributed by atoms with Gasteiger partial charge < -0.3 is 20.1 Å². The molecule has 1 saturated heterocycles. The van der Waals surface area contributed by atoms with Gasteiger partial charge in [0.25, 0.3) is 0 Å². The lowest BCUT2D eigenvalue weighted by atomic mass is 9.99. The van der Waals surface area contributed by atoms with Gasteiger partial charge in [0, 0.05) is 24.8 Å². The average molecular weight is 310 g/mol. The smallest absolute Gasteiger partial charge is 0.321 e. The van der Waals surface area contributed by atoms with Crippen molar-refractivity contribution in [1.82, 2.24) is 4.90 Å². The van der Waals surface area contributed by atoms with E-state index < -0.39 is 23.7 Å². The van der Waals surface area contributed by atoms with Crippen molar-refractivity contribution in [2.24, 2.45) is 5.92 Å². The summed E-state index contributed by atoms with van der Waals surface area (Å²) in [5.41, 5.74) is 1.01. The number of piperidine rings is 1. The van der Waals surface area contributed by atoms with Crippen molar-refractivity contribution in [3.05, 3.63) is 23.5 Å². The number of carboxylic acids is 1. The highest BCUT2D eigenvalue weighted by Gasteiger charge is 2.28. The number of amides is 2. The molecule has 1 aliphatic heterocycles. The van der Waals surface area contributed by atoms with Gasteiger partial charge in [-0.05, 0) is 31.4 Å². The Kier molecular flexibility index (Phi) is 4.85. The number of benzene rings is 1. The fourth-order valence-corrected chi connectivity index (χ4v) is 2.50. The Bertz CT molecular complexity index is 591. The van der Waals surface area contributed by atoms with Crippen LogP contribution in [0, 0.1) is 18.7 Å². The fourth-order valence-electron chi connectivity index (χ4n) is 2.50. The molecule has 1 fully saturated rings. The molecule has 0 aromatic heterocycles. The van der Waals surface area contributed by atoms with E-state index in [1.807, 2.05) is 0 Å². The number of carboxylic acid groups (broad SMARTS) is 1. The summed E-state index contributed by atoms with van der Waals surface area (Å²) in [6.45, 7) is 2.39. The Morgan fingerprint density at radius 3 is 2.82 bits per heavy atom. The number of rotatable bonds is 3. The molecule has 0 bridgehead atoms. The zero-order valence-electron chi connectivity index (χ0n) is 12.6. The van der Waals surface area contributed by atoms with E-state index in [1.54, 1.807) is 6.92 Å². The maximum Gasteiger partial charge on any atom is 0.321 e. The first kappa shape index (κ1) is 16.1. The van der Waals surface area contributed by atoms with E-state index in [0.29, 0.717) is 30.6 Å². The Morgan fingerprint density at radius 1 is 1.45 bits per heavy atom. The molecule has 1 unspecified atom stereocenters. The Morgan fingerprint density at radius 2 is 2.18 bits per heavy atom. The molecule has 1 aromatic rings. The van der Waals surface area contributed by atoms with Crippen LogP contribution >= 0.6 is 0 Å². The lowest BCUT2D eigenvalue weighted by molar-refractivity contribution is -0.143. The molecule has 22 heavy (non-hydrogen) atoms. The number of hydrogen-bond acceptors (Lipinski definition) is 3. The Hall–Kier alpha value is -2.31. The van der Waals surface area contributed by atoms with Gasteiger partial charge in [0.1, 0.15) is 0 Å². The number of aliphatic carboxylic acids is 1. The van der Waals surface area contributed by atoms with E-state index in [2.05, 4.69) is 5.32 Å². The van der Waals surface area contributed by atoms with Crippen molar-refractivity contribution in [2.45, 2.75) is 19.8 Å². The summed E-state index contributed by atoms with van der Waals surface area (Å²) in [4.78, 5) is 24.7. The van der Waals surface area contributed by atoms with E-state index in [1.165, 1.54) is 24.1 Å². The van der Waals surface area contributed by atoms with Crippen LogP contribution in [0.25, 0.3) is 0 Å². The van der Waals surface area contributed by atoms with Crippen LogP contribution in [0.5, 0.6) is 5.75 Å². The van der Waals surface area contributed by atoms with Crippen molar-refractivity contribution < 1.29 is 23.8 Å². The van der Waals surface area contributed by atoms with Crippen LogP contribution in [-0.4, -0.2) is 42.2 Å². The van der Waals surface area contributed by atoms with Gasteiger partial charge in [0.05, 0.1) is 13.0 Å². The number of urea groups is 1. The van der Waals surface area contributed by atoms with Crippen LogP contribution in [0.1, 0.15) is 18.4 Å². The number of likely N-dealkylation sites (tertiary alicyclic amines) is 1. The van der Waals surface area contributed by atoms with Gasteiger partial charge in [-0.25, -0.2) is 9.18 Å². The first-order valence-electron chi connectivity index (χ1n) is 7.05. The molecular formula is C15H19FN2O4. The highest BCUT2D eigenvalue weighted by molar-refractivity contribution is 5.90. The van der Waals surface area contributed by atoms with Gasteiger partial charge in [-0.3, -0.25) is 4.79 Å². The summed E-state index contributed by atoms with van der Waals surface area (Å²) in [6.07, 6.45) is 1.20. The summed E-state index contributed by atoms with van der Waals surface area (Å²) in [5, 5.41) is 11.7. The zero-order chi connectivity index (χ0) is 16.3. The molecule has 0 spiro atoms. The van der Waals surface area contributed by atoms with Gasteiger partial charge in [0.15, 0.2) is 11.6 Å². The number of aryl methyl sites for hydroxylation is 1. The van der Waals surface area contributed by atoms with Crippen molar-refractivity contribution in [3.63, 3.8) is 0 Å². The summed E-state index contributed by atoms with van der Waals surface area (Å²) in [6, 6.07) is 2.28. The van der Waals surface area contributed by atoms with Crippen molar-refractivity contribution >= 4 is 17.7 Å². The fraction of sp³-hybridized carbons (Fsp3) is 0.467. The van der Waals surface area contributed by atoms with Crippen LogP contribution in [0.4, 0.5) is 14.9 Å². The molecule has 1 atom stereocenters. The van der Waals surface area contributed by atoms with Crippen LogP contribution in [0.3, 0.4) is 0 Å². The molecule has 6 nitrogen and oxygen atoms in total. The van der Waals surface area contributed by atoms with E-state index in [0.717, 1.165) is 0 Å². The van der Waals surface area contributed by atoms with Gasteiger partial charge in [-0.1, -0.05) is 0 Å². The topological polar surface area (TPSA) is 78.9 Å². The van der Waals surface area contributed by atoms with E-state index in [-0.39, 0.29) is 12.3 Å². The number of hydrogen-bond donors (Lipinski definition) is 2. The van der Waals surface area contributed by atoms with Gasteiger partial charge in [-0.2, -0.15) is 0 Å². The standard InChI is InChI=1S/C15H19FN2O4/c1-9-6-13(22-2)11(16)7-12(9)17-15(21)18-5-3-4-10(8-18)14(19)20/h6-7,10H,3-5,8H2,1-2H3,(H,17,21)(H,19,20). The number of carbonyl (C=O) groups excluding carboxylic acids is 1. The van der Waals surface area contributed by atoms with Gasteiger partial charge in [0.2, 0.25) is 0 Å². The minimum atomic E-state index is -0.899. The number of nitrogens with zero attached hydrogens (tertiary/aromatic N) is 1. The Labute approximate surface area is 127 Å². The molecule has 2 rings (SSSR count). The van der Waals surface area contributed by atoms with Crippen molar-refractivity contribution in [3.8, 4) is 5.75 Å².